The molecule has 1 aliphatic rings. The monoisotopic (exact) mass is 423 g/mol. The summed E-state index contributed by atoms with van der Waals surface area (Å²) in [6, 6.07) is 14.0. The summed E-state index contributed by atoms with van der Waals surface area (Å²) in [6.07, 6.45) is 0.306. The molecule has 0 bridgehead atoms. The molecule has 1 saturated heterocycles. The van der Waals surface area contributed by atoms with Crippen LogP contribution in [0.15, 0.2) is 48.5 Å². The Morgan fingerprint density at radius 2 is 1.97 bits per heavy atom. The maximum absolute atomic E-state index is 12.6. The molecular formula is C20H17N5O4S. The van der Waals surface area contributed by atoms with E-state index in [-0.39, 0.29) is 28.2 Å². The third kappa shape index (κ3) is 3.77. The first kappa shape index (κ1) is 19.6. The second-order valence-corrected chi connectivity index (χ2v) is 7.88. The van der Waals surface area contributed by atoms with Crippen molar-refractivity contribution in [3.05, 3.63) is 74.8 Å². The molecule has 1 fully saturated rings. The van der Waals surface area contributed by atoms with E-state index < -0.39 is 10.8 Å². The van der Waals surface area contributed by atoms with Gasteiger partial charge >= 0.3 is 0 Å². The predicted octanol–water partition coefficient (Wildman–Crippen LogP) is 3.53. The average Bonchev–Trinajstić information content (AvgIpc) is 3.34. The second-order valence-electron chi connectivity index (χ2n) is 6.87. The van der Waals surface area contributed by atoms with Crippen molar-refractivity contribution < 1.29 is 14.5 Å². The van der Waals surface area contributed by atoms with Crippen LogP contribution >= 0.6 is 11.3 Å². The molecule has 0 spiro atoms. The van der Waals surface area contributed by atoms with Gasteiger partial charge in [0.15, 0.2) is 0 Å². The number of rotatable bonds is 5. The highest BCUT2D eigenvalue weighted by molar-refractivity contribution is 7.15. The highest BCUT2D eigenvalue weighted by Crippen LogP contribution is 2.34. The van der Waals surface area contributed by atoms with Crippen molar-refractivity contribution in [3.8, 4) is 0 Å². The number of para-hydroxylation sites is 2. The van der Waals surface area contributed by atoms with Gasteiger partial charge in [0, 0.05) is 30.1 Å². The quantitative estimate of drug-likeness (QED) is 0.495. The Balaban J connectivity index is 1.49. The number of hydrogen-bond donors (Lipinski definition) is 1. The van der Waals surface area contributed by atoms with Gasteiger partial charge in [0.1, 0.15) is 10.6 Å². The molecule has 1 unspecified atom stereocenters. The minimum atomic E-state index is -0.624. The van der Waals surface area contributed by atoms with Crippen LogP contribution < -0.4 is 10.2 Å². The number of carbonyl (C=O) groups is 2. The number of amides is 2. The second kappa shape index (κ2) is 7.99. The van der Waals surface area contributed by atoms with Crippen LogP contribution in [0.2, 0.25) is 0 Å². The van der Waals surface area contributed by atoms with Gasteiger partial charge in [-0.2, -0.15) is 0 Å². The van der Waals surface area contributed by atoms with Crippen LogP contribution in [0, 0.1) is 17.0 Å². The molecule has 1 aromatic heterocycles. The third-order valence-electron chi connectivity index (χ3n) is 4.87. The van der Waals surface area contributed by atoms with Crippen molar-refractivity contribution >= 4 is 39.7 Å². The van der Waals surface area contributed by atoms with Gasteiger partial charge in [-0.15, -0.1) is 10.2 Å². The number of nitro groups is 1. The molecule has 1 atom stereocenters. The lowest BCUT2D eigenvalue weighted by Crippen LogP contribution is -2.24. The average molecular weight is 423 g/mol. The summed E-state index contributed by atoms with van der Waals surface area (Å²) < 4.78 is 0. The predicted molar refractivity (Wildman–Crippen MR) is 112 cm³/mol. The zero-order valence-electron chi connectivity index (χ0n) is 15.9. The Labute approximate surface area is 175 Å². The van der Waals surface area contributed by atoms with Crippen molar-refractivity contribution in [3.63, 3.8) is 0 Å². The molecule has 10 heteroatoms. The first-order valence-corrected chi connectivity index (χ1v) is 10.00. The van der Waals surface area contributed by atoms with E-state index in [4.69, 9.17) is 0 Å². The molecule has 0 aliphatic carbocycles. The van der Waals surface area contributed by atoms with Crippen molar-refractivity contribution in [2.24, 2.45) is 0 Å². The third-order valence-corrected chi connectivity index (χ3v) is 5.87. The normalized spacial score (nSPS) is 16.0. The highest BCUT2D eigenvalue weighted by Gasteiger charge is 2.34. The smallest absolute Gasteiger partial charge is 0.285 e. The molecule has 0 radical (unpaired) electrons. The van der Waals surface area contributed by atoms with Gasteiger partial charge in [0.2, 0.25) is 11.0 Å². The summed E-state index contributed by atoms with van der Waals surface area (Å²) in [4.78, 5) is 37.4. The number of nitro benzene ring substituents is 1. The summed E-state index contributed by atoms with van der Waals surface area (Å²) in [5.74, 6) is -0.752. The summed E-state index contributed by atoms with van der Waals surface area (Å²) >= 11 is 1.17. The maximum atomic E-state index is 12.6. The number of carbonyl (C=O) groups excluding carboxylic acids is 2. The summed E-state index contributed by atoms with van der Waals surface area (Å²) in [6.45, 7) is 2.06. The largest absolute Gasteiger partial charge is 0.312 e. The number of benzene rings is 2. The Hall–Kier alpha value is -3.66. The van der Waals surface area contributed by atoms with Crippen LogP contribution in [0.3, 0.4) is 0 Å². The van der Waals surface area contributed by atoms with Crippen LogP contribution in [-0.2, 0) is 4.79 Å². The zero-order valence-corrected chi connectivity index (χ0v) is 16.8. The fraction of sp³-hybridized carbons (Fsp3) is 0.200. The van der Waals surface area contributed by atoms with E-state index in [1.54, 1.807) is 24.0 Å². The van der Waals surface area contributed by atoms with E-state index in [1.807, 2.05) is 30.3 Å². The lowest BCUT2D eigenvalue weighted by atomic mass is 10.1. The minimum Gasteiger partial charge on any atom is -0.312 e. The summed E-state index contributed by atoms with van der Waals surface area (Å²) in [7, 11) is 0. The molecular weight excluding hydrogens is 406 g/mol. The molecule has 1 N–H and O–H groups in total. The van der Waals surface area contributed by atoms with Crippen molar-refractivity contribution in [2.75, 3.05) is 16.8 Å². The van der Waals surface area contributed by atoms with Crippen molar-refractivity contribution in [2.45, 2.75) is 19.3 Å². The molecule has 2 aromatic carbocycles. The van der Waals surface area contributed by atoms with Gasteiger partial charge in [-0.05, 0) is 25.1 Å². The molecule has 2 heterocycles. The number of nitrogens with one attached hydrogen (secondary N) is 1. The van der Waals surface area contributed by atoms with Crippen LogP contribution in [0.1, 0.15) is 33.3 Å². The molecule has 4 rings (SSSR count). The Kier molecular flexibility index (Phi) is 5.23. The maximum Gasteiger partial charge on any atom is 0.285 e. The first-order chi connectivity index (χ1) is 14.4. The van der Waals surface area contributed by atoms with Crippen LogP contribution in [0.25, 0.3) is 0 Å². The van der Waals surface area contributed by atoms with Crippen molar-refractivity contribution in [1.29, 1.82) is 0 Å². The molecule has 1 aliphatic heterocycles. The number of hydrogen-bond acceptors (Lipinski definition) is 7. The molecule has 0 saturated carbocycles. The van der Waals surface area contributed by atoms with E-state index >= 15 is 0 Å². The zero-order chi connectivity index (χ0) is 21.3. The standard InChI is InChI=1S/C20H17N5O4S/c1-12-6-5-9-15(17(12)25(28)29)18(27)21-20-23-22-19(30-20)13-10-16(26)24(11-13)14-7-3-2-4-8-14/h2-9,13H,10-11H2,1H3,(H,21,23,27). The van der Waals surface area contributed by atoms with Gasteiger partial charge in [-0.3, -0.25) is 25.0 Å². The number of nitrogens with zero attached hydrogens (tertiary/aromatic N) is 4. The van der Waals surface area contributed by atoms with E-state index in [0.717, 1.165) is 5.69 Å². The van der Waals surface area contributed by atoms with Gasteiger partial charge in [0.25, 0.3) is 11.6 Å². The lowest BCUT2D eigenvalue weighted by molar-refractivity contribution is -0.385. The molecule has 2 amide bonds. The topological polar surface area (TPSA) is 118 Å². The minimum absolute atomic E-state index is 0.00220. The molecule has 3 aromatic rings. The van der Waals surface area contributed by atoms with Gasteiger partial charge in [-0.25, -0.2) is 0 Å². The Morgan fingerprint density at radius 1 is 1.20 bits per heavy atom. The highest BCUT2D eigenvalue weighted by atomic mass is 32.1. The molecule has 152 valence electrons. The van der Waals surface area contributed by atoms with E-state index in [0.29, 0.717) is 23.5 Å². The number of aromatic nitrogens is 2. The summed E-state index contributed by atoms with van der Waals surface area (Å²) in [5, 5.41) is 22.9. The van der Waals surface area contributed by atoms with Crippen molar-refractivity contribution in [1.82, 2.24) is 10.2 Å². The Morgan fingerprint density at radius 3 is 2.70 bits per heavy atom. The lowest BCUT2D eigenvalue weighted by Gasteiger charge is -2.15. The first-order valence-electron chi connectivity index (χ1n) is 9.18. The van der Waals surface area contributed by atoms with Gasteiger partial charge < -0.3 is 4.90 Å². The van der Waals surface area contributed by atoms with E-state index in [1.165, 1.54) is 17.4 Å². The van der Waals surface area contributed by atoms with Gasteiger partial charge in [-0.1, -0.05) is 41.7 Å². The van der Waals surface area contributed by atoms with Crippen LogP contribution in [0.4, 0.5) is 16.5 Å². The Bertz CT molecular complexity index is 1130. The molecule has 9 nitrogen and oxygen atoms in total. The van der Waals surface area contributed by atoms with Crippen LogP contribution in [0.5, 0.6) is 0 Å². The molecule has 30 heavy (non-hydrogen) atoms. The SMILES string of the molecule is Cc1cccc(C(=O)Nc2nnc(C3CC(=O)N(c4ccccc4)C3)s2)c1[N+](=O)[O-]. The summed E-state index contributed by atoms with van der Waals surface area (Å²) in [5.41, 5.74) is 0.952. The number of anilines is 2. The fourth-order valence-corrected chi connectivity index (χ4v) is 4.26. The van der Waals surface area contributed by atoms with E-state index in [2.05, 4.69) is 15.5 Å². The van der Waals surface area contributed by atoms with Crippen LogP contribution in [-0.4, -0.2) is 33.5 Å². The van der Waals surface area contributed by atoms with E-state index in [9.17, 15) is 19.7 Å². The number of aryl methyl sites for hydroxylation is 1. The van der Waals surface area contributed by atoms with Gasteiger partial charge in [0.05, 0.1) is 4.92 Å². The fourth-order valence-electron chi connectivity index (χ4n) is 3.43.